The Morgan fingerprint density at radius 2 is 2.44 bits per heavy atom. The van der Waals surface area contributed by atoms with E-state index in [1.54, 1.807) is 6.20 Å². The summed E-state index contributed by atoms with van der Waals surface area (Å²) in [5.41, 5.74) is 0.385. The van der Waals surface area contributed by atoms with E-state index in [0.717, 1.165) is 25.9 Å². The number of carbonyl (C=O) groups is 1. The zero-order chi connectivity index (χ0) is 11.4. The average molecular weight is 220 g/mol. The number of likely N-dealkylation sites (tertiary alicyclic amines) is 1. The van der Waals surface area contributed by atoms with Crippen molar-refractivity contribution >= 4 is 5.91 Å². The summed E-state index contributed by atoms with van der Waals surface area (Å²) in [4.78, 5) is 21.9. The highest BCUT2D eigenvalue weighted by atomic mass is 16.1. The van der Waals surface area contributed by atoms with Gasteiger partial charge in [-0.15, -0.1) is 0 Å². The first-order valence-electron chi connectivity index (χ1n) is 5.51. The van der Waals surface area contributed by atoms with Gasteiger partial charge in [-0.3, -0.25) is 9.78 Å². The van der Waals surface area contributed by atoms with Crippen LogP contribution in [-0.4, -0.2) is 47.0 Å². The summed E-state index contributed by atoms with van der Waals surface area (Å²) in [6, 6.07) is 0.230. The highest BCUT2D eigenvalue weighted by Crippen LogP contribution is 2.08. The predicted octanol–water partition coefficient (Wildman–Crippen LogP) is 0.301. The van der Waals surface area contributed by atoms with Gasteiger partial charge in [-0.2, -0.15) is 0 Å². The van der Waals surface area contributed by atoms with E-state index in [2.05, 4.69) is 27.2 Å². The van der Waals surface area contributed by atoms with E-state index in [9.17, 15) is 4.79 Å². The van der Waals surface area contributed by atoms with Crippen LogP contribution in [0, 0.1) is 0 Å². The van der Waals surface area contributed by atoms with E-state index >= 15 is 0 Å². The van der Waals surface area contributed by atoms with Gasteiger partial charge in [-0.05, 0) is 26.4 Å². The lowest BCUT2D eigenvalue weighted by molar-refractivity contribution is 0.0907. The number of aromatic nitrogens is 2. The molecule has 1 N–H and O–H groups in total. The summed E-state index contributed by atoms with van der Waals surface area (Å²) in [6.45, 7) is 2.02. The number of hydrogen-bond acceptors (Lipinski definition) is 4. The van der Waals surface area contributed by atoms with E-state index in [0.29, 0.717) is 5.69 Å². The molecular weight excluding hydrogens is 204 g/mol. The van der Waals surface area contributed by atoms with Crippen molar-refractivity contribution in [2.24, 2.45) is 0 Å². The van der Waals surface area contributed by atoms with Gasteiger partial charge in [-0.25, -0.2) is 4.98 Å². The SMILES string of the molecule is CN1CCCC(NC(=O)c2cnccn2)C1. The minimum Gasteiger partial charge on any atom is -0.347 e. The fourth-order valence-corrected chi connectivity index (χ4v) is 1.96. The Labute approximate surface area is 94.9 Å². The van der Waals surface area contributed by atoms with Crippen LogP contribution < -0.4 is 5.32 Å². The molecule has 86 valence electrons. The highest BCUT2D eigenvalue weighted by Gasteiger charge is 2.19. The van der Waals surface area contributed by atoms with Gasteiger partial charge >= 0.3 is 0 Å². The zero-order valence-electron chi connectivity index (χ0n) is 9.39. The van der Waals surface area contributed by atoms with Crippen molar-refractivity contribution in [3.8, 4) is 0 Å². The van der Waals surface area contributed by atoms with Gasteiger partial charge in [0.15, 0.2) is 0 Å². The molecule has 5 heteroatoms. The molecule has 5 nitrogen and oxygen atoms in total. The maximum Gasteiger partial charge on any atom is 0.271 e. The summed E-state index contributed by atoms with van der Waals surface area (Å²) in [7, 11) is 2.07. The van der Waals surface area contributed by atoms with Gasteiger partial charge in [0.25, 0.3) is 5.91 Å². The molecule has 0 aliphatic carbocycles. The molecule has 1 aliphatic rings. The normalized spacial score (nSPS) is 21.7. The molecule has 2 heterocycles. The van der Waals surface area contributed by atoms with E-state index in [-0.39, 0.29) is 11.9 Å². The molecule has 0 bridgehead atoms. The minimum absolute atomic E-state index is 0.131. The van der Waals surface area contributed by atoms with Crippen molar-refractivity contribution in [3.05, 3.63) is 24.3 Å². The molecular formula is C11H16N4O. The summed E-state index contributed by atoms with van der Waals surface area (Å²) in [5, 5.41) is 2.98. The molecule has 2 rings (SSSR count). The molecule has 0 radical (unpaired) electrons. The molecule has 1 aliphatic heterocycles. The van der Waals surface area contributed by atoms with E-state index in [4.69, 9.17) is 0 Å². The molecule has 0 spiro atoms. The largest absolute Gasteiger partial charge is 0.347 e. The van der Waals surface area contributed by atoms with Gasteiger partial charge in [0.1, 0.15) is 5.69 Å². The van der Waals surface area contributed by atoms with Gasteiger partial charge in [-0.1, -0.05) is 0 Å². The number of amides is 1. The third kappa shape index (κ3) is 2.76. The third-order valence-corrected chi connectivity index (χ3v) is 2.76. The topological polar surface area (TPSA) is 58.1 Å². The van der Waals surface area contributed by atoms with Gasteiger partial charge < -0.3 is 10.2 Å². The van der Waals surface area contributed by atoms with Gasteiger partial charge in [0.05, 0.1) is 6.20 Å². The lowest BCUT2D eigenvalue weighted by atomic mass is 10.1. The maximum absolute atomic E-state index is 11.8. The molecule has 0 aromatic carbocycles. The lowest BCUT2D eigenvalue weighted by Gasteiger charge is -2.30. The van der Waals surface area contributed by atoms with Crippen LogP contribution in [0.3, 0.4) is 0 Å². The third-order valence-electron chi connectivity index (χ3n) is 2.76. The van der Waals surface area contributed by atoms with Crippen LogP contribution in [-0.2, 0) is 0 Å². The number of nitrogens with zero attached hydrogens (tertiary/aromatic N) is 3. The minimum atomic E-state index is -0.131. The van der Waals surface area contributed by atoms with Crippen molar-refractivity contribution in [2.45, 2.75) is 18.9 Å². The Hall–Kier alpha value is -1.49. The van der Waals surface area contributed by atoms with E-state index < -0.39 is 0 Å². The molecule has 1 aromatic heterocycles. The quantitative estimate of drug-likeness (QED) is 0.779. The van der Waals surface area contributed by atoms with Crippen LogP contribution in [0.1, 0.15) is 23.3 Å². The first-order valence-corrected chi connectivity index (χ1v) is 5.51. The molecule has 1 saturated heterocycles. The summed E-state index contributed by atoms with van der Waals surface area (Å²) < 4.78 is 0. The van der Waals surface area contributed by atoms with Crippen LogP contribution >= 0.6 is 0 Å². The Bertz CT molecular complexity index is 354. The van der Waals surface area contributed by atoms with E-state index in [1.165, 1.54) is 12.4 Å². The van der Waals surface area contributed by atoms with Crippen molar-refractivity contribution < 1.29 is 4.79 Å². The van der Waals surface area contributed by atoms with Gasteiger partial charge in [0, 0.05) is 25.0 Å². The first-order chi connectivity index (χ1) is 7.75. The highest BCUT2D eigenvalue weighted by molar-refractivity contribution is 5.92. The van der Waals surface area contributed by atoms with Crippen molar-refractivity contribution in [2.75, 3.05) is 20.1 Å². The Balaban J connectivity index is 1.92. The number of hydrogen-bond donors (Lipinski definition) is 1. The first kappa shape index (κ1) is 11.0. The number of likely N-dealkylation sites (N-methyl/N-ethyl adjacent to an activating group) is 1. The summed E-state index contributed by atoms with van der Waals surface area (Å²) in [6.07, 6.45) is 6.74. The van der Waals surface area contributed by atoms with Crippen LogP contribution in [0.5, 0.6) is 0 Å². The smallest absolute Gasteiger partial charge is 0.271 e. The number of piperidine rings is 1. The van der Waals surface area contributed by atoms with Crippen LogP contribution in [0.2, 0.25) is 0 Å². The molecule has 16 heavy (non-hydrogen) atoms. The zero-order valence-corrected chi connectivity index (χ0v) is 9.39. The monoisotopic (exact) mass is 220 g/mol. The Kier molecular flexibility index (Phi) is 3.46. The lowest BCUT2D eigenvalue weighted by Crippen LogP contribution is -2.46. The second-order valence-electron chi connectivity index (χ2n) is 4.17. The fraction of sp³-hybridized carbons (Fsp3) is 0.545. The van der Waals surface area contributed by atoms with Crippen molar-refractivity contribution in [3.63, 3.8) is 0 Å². The molecule has 0 saturated carbocycles. The maximum atomic E-state index is 11.8. The average Bonchev–Trinajstić information content (AvgIpc) is 2.30. The molecule has 1 aromatic rings. The number of nitrogens with one attached hydrogen (secondary N) is 1. The van der Waals surface area contributed by atoms with Crippen molar-refractivity contribution in [1.29, 1.82) is 0 Å². The van der Waals surface area contributed by atoms with Crippen molar-refractivity contribution in [1.82, 2.24) is 20.2 Å². The van der Waals surface area contributed by atoms with Gasteiger partial charge in [0.2, 0.25) is 0 Å². The van der Waals surface area contributed by atoms with E-state index in [1.807, 2.05) is 0 Å². The second kappa shape index (κ2) is 5.03. The number of rotatable bonds is 2. The summed E-state index contributed by atoms with van der Waals surface area (Å²) >= 11 is 0. The molecule has 1 atom stereocenters. The fourth-order valence-electron chi connectivity index (χ4n) is 1.96. The standard InChI is InChI=1S/C11H16N4O/c1-15-6-2-3-9(8-15)14-11(16)10-7-12-4-5-13-10/h4-5,7,9H,2-3,6,8H2,1H3,(H,14,16). The predicted molar refractivity (Wildman–Crippen MR) is 60.0 cm³/mol. The van der Waals surface area contributed by atoms with Crippen LogP contribution in [0.15, 0.2) is 18.6 Å². The Morgan fingerprint density at radius 1 is 1.56 bits per heavy atom. The second-order valence-corrected chi connectivity index (χ2v) is 4.17. The number of carbonyl (C=O) groups excluding carboxylic acids is 1. The molecule has 1 amide bonds. The molecule has 1 unspecified atom stereocenters. The Morgan fingerprint density at radius 3 is 3.12 bits per heavy atom. The van der Waals surface area contributed by atoms with Crippen LogP contribution in [0.4, 0.5) is 0 Å². The van der Waals surface area contributed by atoms with Crippen LogP contribution in [0.25, 0.3) is 0 Å². The summed E-state index contributed by atoms with van der Waals surface area (Å²) in [5.74, 6) is -0.131. The molecule has 1 fully saturated rings.